The van der Waals surface area contributed by atoms with Crippen LogP contribution in [0.5, 0.6) is 11.5 Å². The Morgan fingerprint density at radius 2 is 1.33 bits per heavy atom. The van der Waals surface area contributed by atoms with Gasteiger partial charge < -0.3 is 9.84 Å². The van der Waals surface area contributed by atoms with Gasteiger partial charge in [0.2, 0.25) is 0 Å². The zero-order chi connectivity index (χ0) is 20.6. The second-order valence-electron chi connectivity index (χ2n) is 8.70. The van der Waals surface area contributed by atoms with E-state index >= 15 is 0 Å². The van der Waals surface area contributed by atoms with Crippen molar-refractivity contribution in [3.05, 3.63) is 47.5 Å². The number of anilines is 1. The lowest BCUT2D eigenvalue weighted by Gasteiger charge is -2.28. The van der Waals surface area contributed by atoms with Crippen molar-refractivity contribution in [1.29, 1.82) is 0 Å². The number of sulfonamides is 1. The highest BCUT2D eigenvalue weighted by atomic mass is 32.2. The monoisotopic (exact) mass is 391 g/mol. The largest absolute Gasteiger partial charge is 0.507 e. The molecule has 0 amide bonds. The number of nitrogens with one attached hydrogen (secondary N) is 1. The molecule has 0 aromatic heterocycles. The number of aromatic hydroxyl groups is 1. The van der Waals surface area contributed by atoms with Gasteiger partial charge in [-0.05, 0) is 47.2 Å². The van der Waals surface area contributed by atoms with Crippen molar-refractivity contribution < 1.29 is 18.3 Å². The van der Waals surface area contributed by atoms with Crippen molar-refractivity contribution in [2.45, 2.75) is 57.3 Å². The molecule has 0 aliphatic carbocycles. The first-order valence-corrected chi connectivity index (χ1v) is 10.3. The van der Waals surface area contributed by atoms with Crippen LogP contribution in [0.2, 0.25) is 0 Å². The third-order valence-electron chi connectivity index (χ3n) is 4.35. The van der Waals surface area contributed by atoms with Crippen molar-refractivity contribution in [3.8, 4) is 11.5 Å². The van der Waals surface area contributed by atoms with Gasteiger partial charge in [0.1, 0.15) is 11.5 Å². The summed E-state index contributed by atoms with van der Waals surface area (Å²) < 4.78 is 33.3. The molecule has 5 nitrogen and oxygen atoms in total. The minimum atomic E-state index is -3.76. The molecule has 148 valence electrons. The number of hydrogen-bond donors (Lipinski definition) is 2. The Morgan fingerprint density at radius 1 is 0.889 bits per heavy atom. The topological polar surface area (TPSA) is 75.6 Å². The van der Waals surface area contributed by atoms with Crippen molar-refractivity contribution in [3.63, 3.8) is 0 Å². The summed E-state index contributed by atoms with van der Waals surface area (Å²) in [6.45, 7) is 11.9. The molecule has 0 saturated carbocycles. The zero-order valence-corrected chi connectivity index (χ0v) is 17.9. The number of methoxy groups -OCH3 is 1. The number of phenolic OH excluding ortho intramolecular Hbond substituents is 1. The van der Waals surface area contributed by atoms with Crippen molar-refractivity contribution in [2.24, 2.45) is 0 Å². The maximum atomic E-state index is 12.8. The molecule has 0 saturated heterocycles. The second-order valence-corrected chi connectivity index (χ2v) is 10.4. The molecule has 0 fully saturated rings. The van der Waals surface area contributed by atoms with Gasteiger partial charge in [-0.15, -0.1) is 0 Å². The van der Waals surface area contributed by atoms with E-state index in [9.17, 15) is 13.5 Å². The van der Waals surface area contributed by atoms with Crippen LogP contribution in [0.25, 0.3) is 0 Å². The molecule has 0 spiro atoms. The number of rotatable bonds is 4. The molecular weight excluding hydrogens is 362 g/mol. The highest BCUT2D eigenvalue weighted by Gasteiger charge is 2.27. The van der Waals surface area contributed by atoms with E-state index in [1.165, 1.54) is 19.2 Å². The molecule has 0 radical (unpaired) electrons. The highest BCUT2D eigenvalue weighted by molar-refractivity contribution is 7.92. The molecule has 0 atom stereocenters. The van der Waals surface area contributed by atoms with E-state index in [1.807, 2.05) is 41.5 Å². The molecule has 2 rings (SSSR count). The predicted molar refractivity (Wildman–Crippen MR) is 109 cm³/mol. The smallest absolute Gasteiger partial charge is 0.261 e. The minimum absolute atomic E-state index is 0.144. The molecule has 6 heteroatoms. The number of phenols is 1. The third kappa shape index (κ3) is 4.75. The Morgan fingerprint density at radius 3 is 1.70 bits per heavy atom. The van der Waals surface area contributed by atoms with Gasteiger partial charge >= 0.3 is 0 Å². The summed E-state index contributed by atoms with van der Waals surface area (Å²) in [6, 6.07) is 9.60. The lowest BCUT2D eigenvalue weighted by Crippen LogP contribution is -2.19. The highest BCUT2D eigenvalue weighted by Crippen LogP contribution is 2.41. The normalized spacial score (nSPS) is 12.7. The number of benzene rings is 2. The summed E-state index contributed by atoms with van der Waals surface area (Å²) in [4.78, 5) is 0.144. The molecule has 0 aliphatic rings. The van der Waals surface area contributed by atoms with Crippen molar-refractivity contribution in [2.75, 3.05) is 11.8 Å². The zero-order valence-electron chi connectivity index (χ0n) is 17.0. The van der Waals surface area contributed by atoms with E-state index in [0.29, 0.717) is 22.6 Å². The van der Waals surface area contributed by atoms with E-state index in [4.69, 9.17) is 4.74 Å². The summed E-state index contributed by atoms with van der Waals surface area (Å²) >= 11 is 0. The summed E-state index contributed by atoms with van der Waals surface area (Å²) in [5, 5.41) is 10.8. The summed E-state index contributed by atoms with van der Waals surface area (Å²) in [7, 11) is -2.23. The summed E-state index contributed by atoms with van der Waals surface area (Å²) in [6.07, 6.45) is 0. The van der Waals surface area contributed by atoms with Gasteiger partial charge in [0.15, 0.2) is 0 Å². The number of hydrogen-bond acceptors (Lipinski definition) is 4. The van der Waals surface area contributed by atoms with Crippen LogP contribution in [0.4, 0.5) is 5.69 Å². The van der Waals surface area contributed by atoms with E-state index in [2.05, 4.69) is 4.72 Å². The van der Waals surface area contributed by atoms with E-state index in [-0.39, 0.29) is 21.5 Å². The minimum Gasteiger partial charge on any atom is -0.507 e. The van der Waals surface area contributed by atoms with Gasteiger partial charge in [0.25, 0.3) is 10.0 Å². The molecule has 0 bridgehead atoms. The summed E-state index contributed by atoms with van der Waals surface area (Å²) in [5.74, 6) is 0.797. The first-order chi connectivity index (χ1) is 12.3. The molecule has 2 aromatic carbocycles. The third-order valence-corrected chi connectivity index (χ3v) is 5.75. The Bertz CT molecular complexity index is 883. The fourth-order valence-electron chi connectivity index (χ4n) is 2.81. The van der Waals surface area contributed by atoms with Crippen LogP contribution >= 0.6 is 0 Å². The molecule has 0 heterocycles. The predicted octanol–water partition coefficient (Wildman–Crippen LogP) is 4.80. The first kappa shape index (κ1) is 21.1. The average molecular weight is 392 g/mol. The Kier molecular flexibility index (Phi) is 5.53. The van der Waals surface area contributed by atoms with Crippen LogP contribution in [-0.4, -0.2) is 20.6 Å². The fraction of sp³-hybridized carbons (Fsp3) is 0.429. The van der Waals surface area contributed by atoms with Gasteiger partial charge in [-0.3, -0.25) is 4.72 Å². The van der Waals surface area contributed by atoms with Gasteiger partial charge in [-0.25, -0.2) is 8.42 Å². The lowest BCUT2D eigenvalue weighted by molar-refractivity contribution is 0.414. The number of ether oxygens (including phenoxy) is 1. The van der Waals surface area contributed by atoms with E-state index < -0.39 is 10.0 Å². The van der Waals surface area contributed by atoms with Crippen LogP contribution in [-0.2, 0) is 20.9 Å². The van der Waals surface area contributed by atoms with Crippen LogP contribution in [0.1, 0.15) is 52.7 Å². The maximum absolute atomic E-state index is 12.8. The van der Waals surface area contributed by atoms with Crippen LogP contribution in [0.15, 0.2) is 41.3 Å². The van der Waals surface area contributed by atoms with Crippen LogP contribution in [0, 0.1) is 0 Å². The standard InChI is InChI=1S/C21H29NO4S/c1-20(2,3)17-12-14(13-18(19(17)23)21(4,5)6)22-27(24,25)16-10-8-15(26-7)9-11-16/h8-13,22-23H,1-7H3. The Hall–Kier alpha value is -2.21. The molecule has 2 aromatic rings. The van der Waals surface area contributed by atoms with E-state index in [1.54, 1.807) is 24.3 Å². The molecule has 0 aliphatic heterocycles. The molecular formula is C21H29NO4S. The van der Waals surface area contributed by atoms with Gasteiger partial charge in [-0.2, -0.15) is 0 Å². The quantitative estimate of drug-likeness (QED) is 0.734. The Balaban J connectivity index is 2.54. The maximum Gasteiger partial charge on any atom is 0.261 e. The molecule has 27 heavy (non-hydrogen) atoms. The average Bonchev–Trinajstić information content (AvgIpc) is 2.54. The summed E-state index contributed by atoms with van der Waals surface area (Å²) in [5.41, 5.74) is 1.14. The molecule has 0 unspecified atom stereocenters. The van der Waals surface area contributed by atoms with Crippen molar-refractivity contribution in [1.82, 2.24) is 0 Å². The SMILES string of the molecule is COc1ccc(S(=O)(=O)Nc2cc(C(C)(C)C)c(O)c(C(C)(C)C)c2)cc1. The van der Waals surface area contributed by atoms with Gasteiger partial charge in [0.05, 0.1) is 12.0 Å². The fourth-order valence-corrected chi connectivity index (χ4v) is 3.85. The van der Waals surface area contributed by atoms with Gasteiger partial charge in [-0.1, -0.05) is 41.5 Å². The molecule has 2 N–H and O–H groups in total. The van der Waals surface area contributed by atoms with Crippen molar-refractivity contribution >= 4 is 15.7 Å². The Labute approximate surface area is 162 Å². The van der Waals surface area contributed by atoms with Gasteiger partial charge in [0, 0.05) is 16.8 Å². The van der Waals surface area contributed by atoms with Crippen LogP contribution in [0.3, 0.4) is 0 Å². The lowest BCUT2D eigenvalue weighted by atomic mass is 9.79. The first-order valence-electron chi connectivity index (χ1n) is 8.80. The van der Waals surface area contributed by atoms with E-state index in [0.717, 1.165) is 0 Å². The van der Waals surface area contributed by atoms with Crippen LogP contribution < -0.4 is 9.46 Å². The second kappa shape index (κ2) is 7.08.